The lowest BCUT2D eigenvalue weighted by Gasteiger charge is -2.38. The molecule has 0 saturated heterocycles. The van der Waals surface area contributed by atoms with Crippen LogP contribution in [0.4, 0.5) is 0 Å². The maximum absolute atomic E-state index is 11.2. The summed E-state index contributed by atoms with van der Waals surface area (Å²) in [4.78, 5) is 0. The van der Waals surface area contributed by atoms with Crippen LogP contribution >= 0.6 is 0 Å². The molecule has 0 radical (unpaired) electrons. The molecule has 0 bridgehead atoms. The van der Waals surface area contributed by atoms with Gasteiger partial charge in [0.2, 0.25) is 0 Å². The highest BCUT2D eigenvalue weighted by Gasteiger charge is 2.31. The Morgan fingerprint density at radius 3 is 2.44 bits per heavy atom. The van der Waals surface area contributed by atoms with Gasteiger partial charge in [-0.25, -0.2) is 8.42 Å². The number of nitrogens with one attached hydrogen (secondary N) is 1. The molecule has 0 aliphatic heterocycles. The summed E-state index contributed by atoms with van der Waals surface area (Å²) >= 11 is 0. The summed E-state index contributed by atoms with van der Waals surface area (Å²) in [7, 11) is -2.88. The summed E-state index contributed by atoms with van der Waals surface area (Å²) < 4.78 is 22.4. The lowest BCUT2D eigenvalue weighted by atomic mass is 9.75. The van der Waals surface area contributed by atoms with Crippen LogP contribution < -0.4 is 5.32 Å². The molecule has 4 heteroatoms. The van der Waals surface area contributed by atoms with Gasteiger partial charge in [-0.05, 0) is 31.2 Å². The van der Waals surface area contributed by atoms with E-state index in [1.807, 2.05) is 13.0 Å². The quantitative estimate of drug-likeness (QED) is 0.887. The van der Waals surface area contributed by atoms with Gasteiger partial charge in [0.1, 0.15) is 9.84 Å². The molecule has 100 valence electrons. The van der Waals surface area contributed by atoms with E-state index < -0.39 is 9.84 Å². The molecule has 0 amide bonds. The van der Waals surface area contributed by atoms with Gasteiger partial charge < -0.3 is 5.32 Å². The normalized spacial score (nSPS) is 25.4. The maximum Gasteiger partial charge on any atom is 0.148 e. The first-order valence-electron chi connectivity index (χ1n) is 6.43. The zero-order chi connectivity index (χ0) is 13.2. The van der Waals surface area contributed by atoms with E-state index in [0.717, 1.165) is 12.8 Å². The Balaban J connectivity index is 1.77. The monoisotopic (exact) mass is 267 g/mol. The van der Waals surface area contributed by atoms with Gasteiger partial charge in [-0.2, -0.15) is 0 Å². The van der Waals surface area contributed by atoms with Crippen molar-refractivity contribution in [2.45, 2.75) is 37.8 Å². The fraction of sp³-hybridized carbons (Fsp3) is 0.571. The zero-order valence-electron chi connectivity index (χ0n) is 11.0. The highest BCUT2D eigenvalue weighted by molar-refractivity contribution is 7.90. The van der Waals surface area contributed by atoms with E-state index in [4.69, 9.17) is 0 Å². The van der Waals surface area contributed by atoms with E-state index in [2.05, 4.69) is 29.6 Å². The van der Waals surface area contributed by atoms with Crippen molar-refractivity contribution < 1.29 is 8.42 Å². The van der Waals surface area contributed by atoms with Crippen LogP contribution in [0.2, 0.25) is 0 Å². The number of benzene rings is 1. The Hall–Kier alpha value is -0.870. The fourth-order valence-electron chi connectivity index (χ4n) is 2.66. The molecule has 18 heavy (non-hydrogen) atoms. The molecule has 1 N–H and O–H groups in total. The molecule has 1 atom stereocenters. The van der Waals surface area contributed by atoms with Crippen molar-refractivity contribution >= 4 is 9.84 Å². The van der Waals surface area contributed by atoms with Crippen LogP contribution in [0.5, 0.6) is 0 Å². The summed E-state index contributed by atoms with van der Waals surface area (Å²) in [6.45, 7) is 1.94. The Kier molecular flexibility index (Phi) is 4.07. The van der Waals surface area contributed by atoms with Crippen molar-refractivity contribution in [3.63, 3.8) is 0 Å². The summed E-state index contributed by atoms with van der Waals surface area (Å²) in [5.41, 5.74) is 1.39. The highest BCUT2D eigenvalue weighted by atomic mass is 32.2. The van der Waals surface area contributed by atoms with Crippen LogP contribution in [0.15, 0.2) is 30.3 Å². The van der Waals surface area contributed by atoms with E-state index in [1.165, 1.54) is 11.8 Å². The Labute approximate surface area is 110 Å². The first-order chi connectivity index (χ1) is 8.44. The molecule has 3 nitrogen and oxygen atoms in total. The van der Waals surface area contributed by atoms with Gasteiger partial charge >= 0.3 is 0 Å². The first-order valence-corrected chi connectivity index (χ1v) is 8.49. The Morgan fingerprint density at radius 1 is 1.28 bits per heavy atom. The number of hydrogen-bond donors (Lipinski definition) is 1. The molecule has 1 aromatic rings. The van der Waals surface area contributed by atoms with E-state index in [0.29, 0.717) is 12.0 Å². The van der Waals surface area contributed by atoms with Crippen molar-refractivity contribution in [2.75, 3.05) is 12.0 Å². The standard InChI is InChI=1S/C14H21NO2S/c1-11(10-18(2,16)17)15-14-8-13(9-14)12-6-4-3-5-7-12/h3-7,11,13-15H,8-10H2,1-2H3. The second kappa shape index (κ2) is 5.41. The average molecular weight is 267 g/mol. The van der Waals surface area contributed by atoms with Crippen molar-refractivity contribution in [1.82, 2.24) is 5.32 Å². The summed E-state index contributed by atoms with van der Waals surface area (Å²) in [5, 5.41) is 3.39. The third kappa shape index (κ3) is 3.82. The van der Waals surface area contributed by atoms with Crippen molar-refractivity contribution in [3.05, 3.63) is 35.9 Å². The minimum absolute atomic E-state index is 0.0433. The van der Waals surface area contributed by atoms with Crippen LogP contribution in [0, 0.1) is 0 Å². The lowest BCUT2D eigenvalue weighted by molar-refractivity contribution is 0.275. The molecule has 1 aliphatic carbocycles. The van der Waals surface area contributed by atoms with Gasteiger partial charge in [-0.3, -0.25) is 0 Å². The van der Waals surface area contributed by atoms with Gasteiger partial charge in [-0.1, -0.05) is 30.3 Å². The molecular weight excluding hydrogens is 246 g/mol. The molecule has 1 unspecified atom stereocenters. The predicted octanol–water partition coefficient (Wildman–Crippen LogP) is 1.96. The van der Waals surface area contributed by atoms with Crippen molar-refractivity contribution in [3.8, 4) is 0 Å². The second-order valence-electron chi connectivity index (χ2n) is 5.44. The van der Waals surface area contributed by atoms with Crippen LogP contribution in [-0.4, -0.2) is 32.5 Å². The summed E-state index contributed by atoms with van der Waals surface area (Å²) in [6.07, 6.45) is 3.51. The van der Waals surface area contributed by atoms with Gasteiger partial charge in [0.15, 0.2) is 0 Å². The largest absolute Gasteiger partial charge is 0.310 e. The van der Waals surface area contributed by atoms with E-state index in [1.54, 1.807) is 0 Å². The van der Waals surface area contributed by atoms with E-state index in [-0.39, 0.29) is 11.8 Å². The van der Waals surface area contributed by atoms with Gasteiger partial charge in [0.05, 0.1) is 5.75 Å². The molecular formula is C14H21NO2S. The average Bonchev–Trinajstić information content (AvgIpc) is 2.21. The number of rotatable bonds is 5. The molecule has 2 rings (SSSR count). The van der Waals surface area contributed by atoms with Gasteiger partial charge in [0.25, 0.3) is 0 Å². The fourth-order valence-corrected chi connectivity index (χ4v) is 3.66. The minimum atomic E-state index is -2.88. The van der Waals surface area contributed by atoms with Crippen LogP contribution in [0.1, 0.15) is 31.2 Å². The topological polar surface area (TPSA) is 46.2 Å². The van der Waals surface area contributed by atoms with Crippen molar-refractivity contribution in [1.29, 1.82) is 0 Å². The zero-order valence-corrected chi connectivity index (χ0v) is 11.8. The SMILES string of the molecule is CC(CS(C)(=O)=O)NC1CC(c2ccccc2)C1. The first kappa shape index (κ1) is 13.6. The molecule has 1 aliphatic rings. The number of hydrogen-bond acceptors (Lipinski definition) is 3. The molecule has 0 heterocycles. The van der Waals surface area contributed by atoms with Gasteiger partial charge in [-0.15, -0.1) is 0 Å². The third-order valence-electron chi connectivity index (χ3n) is 3.48. The third-order valence-corrected chi connectivity index (χ3v) is 4.59. The van der Waals surface area contributed by atoms with Crippen LogP contribution in [0.25, 0.3) is 0 Å². The van der Waals surface area contributed by atoms with Crippen LogP contribution in [0.3, 0.4) is 0 Å². The molecule has 1 saturated carbocycles. The maximum atomic E-state index is 11.2. The Bertz CT molecular complexity index is 478. The molecule has 1 aromatic carbocycles. The van der Waals surface area contributed by atoms with E-state index >= 15 is 0 Å². The molecule has 1 fully saturated rings. The van der Waals surface area contributed by atoms with Crippen molar-refractivity contribution in [2.24, 2.45) is 0 Å². The van der Waals surface area contributed by atoms with Crippen LogP contribution in [-0.2, 0) is 9.84 Å². The Morgan fingerprint density at radius 2 is 1.89 bits per heavy atom. The minimum Gasteiger partial charge on any atom is -0.310 e. The van der Waals surface area contributed by atoms with E-state index in [9.17, 15) is 8.42 Å². The van der Waals surface area contributed by atoms with Gasteiger partial charge in [0, 0.05) is 18.3 Å². The lowest BCUT2D eigenvalue weighted by Crippen LogP contribution is -2.46. The second-order valence-corrected chi connectivity index (χ2v) is 7.62. The summed E-state index contributed by atoms with van der Waals surface area (Å²) in [5.74, 6) is 0.855. The number of sulfone groups is 1. The predicted molar refractivity (Wildman–Crippen MR) is 74.5 cm³/mol. The molecule has 0 spiro atoms. The molecule has 0 aromatic heterocycles. The highest BCUT2D eigenvalue weighted by Crippen LogP contribution is 2.36. The smallest absolute Gasteiger partial charge is 0.148 e. The summed E-state index contributed by atoms with van der Waals surface area (Å²) in [6, 6.07) is 11.0.